The Morgan fingerprint density at radius 3 is 2.53 bits per heavy atom. The fourth-order valence-corrected chi connectivity index (χ4v) is 1.87. The lowest BCUT2D eigenvalue weighted by molar-refractivity contribution is -0.00508. The summed E-state index contributed by atoms with van der Waals surface area (Å²) < 4.78 is 18.7. The highest BCUT2D eigenvalue weighted by Gasteiger charge is 2.27. The van der Waals surface area contributed by atoms with Gasteiger partial charge in [0.05, 0.1) is 5.56 Å². The predicted molar refractivity (Wildman–Crippen MR) is 67.8 cm³/mol. The van der Waals surface area contributed by atoms with Gasteiger partial charge in [-0.15, -0.1) is 0 Å². The van der Waals surface area contributed by atoms with Crippen molar-refractivity contribution in [2.24, 2.45) is 0 Å². The van der Waals surface area contributed by atoms with Gasteiger partial charge in [-0.2, -0.15) is 0 Å². The summed E-state index contributed by atoms with van der Waals surface area (Å²) in [7, 11) is 0. The van der Waals surface area contributed by atoms with Gasteiger partial charge in [0.15, 0.2) is 0 Å². The van der Waals surface area contributed by atoms with Crippen molar-refractivity contribution in [1.29, 1.82) is 0 Å². The summed E-state index contributed by atoms with van der Waals surface area (Å²) in [6, 6.07) is 3.53. The molecule has 0 bridgehead atoms. The van der Waals surface area contributed by atoms with Crippen LogP contribution in [0.4, 0.5) is 4.39 Å². The highest BCUT2D eigenvalue weighted by atomic mass is 19.1. The summed E-state index contributed by atoms with van der Waals surface area (Å²) in [5.74, 6) is -3.26. The van der Waals surface area contributed by atoms with Crippen LogP contribution in [0, 0.1) is 5.82 Å². The van der Waals surface area contributed by atoms with Gasteiger partial charge >= 0.3 is 11.9 Å². The van der Waals surface area contributed by atoms with E-state index in [1.165, 1.54) is 12.1 Å². The van der Waals surface area contributed by atoms with E-state index in [0.717, 1.165) is 12.5 Å². The van der Waals surface area contributed by atoms with Crippen molar-refractivity contribution in [2.75, 3.05) is 0 Å². The van der Waals surface area contributed by atoms with Crippen molar-refractivity contribution in [3.63, 3.8) is 0 Å². The number of ether oxygens (including phenoxy) is 1. The third-order valence-corrected chi connectivity index (χ3v) is 2.67. The Labute approximate surface area is 111 Å². The molecule has 1 aromatic rings. The summed E-state index contributed by atoms with van der Waals surface area (Å²) >= 11 is 0. The van der Waals surface area contributed by atoms with Crippen molar-refractivity contribution < 1.29 is 23.8 Å². The van der Waals surface area contributed by atoms with Crippen molar-refractivity contribution in [1.82, 2.24) is 0 Å². The molecule has 0 saturated carbocycles. The molecule has 1 aromatic carbocycles. The van der Waals surface area contributed by atoms with Gasteiger partial charge in [0.1, 0.15) is 17.0 Å². The maximum atomic E-state index is 13.5. The van der Waals surface area contributed by atoms with Gasteiger partial charge in [0.25, 0.3) is 0 Å². The first-order valence-corrected chi connectivity index (χ1v) is 6.03. The van der Waals surface area contributed by atoms with E-state index in [1.807, 2.05) is 6.92 Å². The molecule has 1 rings (SSSR count). The smallest absolute Gasteiger partial charge is 0.339 e. The third-order valence-electron chi connectivity index (χ3n) is 2.67. The molecule has 0 spiro atoms. The maximum Gasteiger partial charge on any atom is 0.339 e. The van der Waals surface area contributed by atoms with Gasteiger partial charge in [-0.3, -0.25) is 0 Å². The van der Waals surface area contributed by atoms with Crippen LogP contribution in [0.5, 0.6) is 0 Å². The number of esters is 1. The van der Waals surface area contributed by atoms with E-state index in [9.17, 15) is 14.0 Å². The zero-order valence-corrected chi connectivity index (χ0v) is 11.2. The standard InChI is InChI=1S/C14H17FO4/c1-4-8-14(2,3)19-13(18)9-6-5-7-10(15)11(9)12(16)17/h5-7H,4,8H2,1-3H3,(H,16,17). The van der Waals surface area contributed by atoms with Crippen LogP contribution in [0.1, 0.15) is 54.3 Å². The zero-order valence-electron chi connectivity index (χ0n) is 11.2. The van der Waals surface area contributed by atoms with Crippen LogP contribution in [-0.4, -0.2) is 22.6 Å². The normalized spacial score (nSPS) is 11.2. The van der Waals surface area contributed by atoms with E-state index < -0.39 is 28.9 Å². The number of hydrogen-bond acceptors (Lipinski definition) is 3. The molecule has 0 aliphatic rings. The quantitative estimate of drug-likeness (QED) is 0.832. The third kappa shape index (κ3) is 3.77. The summed E-state index contributed by atoms with van der Waals surface area (Å²) in [6.45, 7) is 5.41. The molecule has 0 aliphatic heterocycles. The fourth-order valence-electron chi connectivity index (χ4n) is 1.87. The highest BCUT2D eigenvalue weighted by molar-refractivity contribution is 6.02. The van der Waals surface area contributed by atoms with E-state index in [0.29, 0.717) is 6.42 Å². The first kappa shape index (κ1) is 15.1. The molecule has 1 N–H and O–H groups in total. The Hall–Kier alpha value is -1.91. The lowest BCUT2D eigenvalue weighted by atomic mass is 10.0. The van der Waals surface area contributed by atoms with E-state index in [2.05, 4.69) is 0 Å². The van der Waals surface area contributed by atoms with E-state index in [4.69, 9.17) is 9.84 Å². The Morgan fingerprint density at radius 1 is 1.37 bits per heavy atom. The number of rotatable bonds is 5. The Balaban J connectivity index is 3.07. The number of carbonyl (C=O) groups is 2. The van der Waals surface area contributed by atoms with Gasteiger partial charge in [-0.05, 0) is 32.4 Å². The second kappa shape index (κ2) is 5.82. The zero-order chi connectivity index (χ0) is 14.6. The summed E-state index contributed by atoms with van der Waals surface area (Å²) in [6.07, 6.45) is 1.45. The van der Waals surface area contributed by atoms with E-state index in [1.54, 1.807) is 13.8 Å². The summed E-state index contributed by atoms with van der Waals surface area (Å²) in [4.78, 5) is 23.0. The predicted octanol–water partition coefficient (Wildman–Crippen LogP) is 3.26. The minimum Gasteiger partial charge on any atom is -0.478 e. The fraction of sp³-hybridized carbons (Fsp3) is 0.429. The van der Waals surface area contributed by atoms with E-state index >= 15 is 0 Å². The molecule has 0 amide bonds. The topological polar surface area (TPSA) is 63.6 Å². The molecule has 0 aliphatic carbocycles. The van der Waals surface area contributed by atoms with Crippen LogP contribution in [0.15, 0.2) is 18.2 Å². The van der Waals surface area contributed by atoms with E-state index in [-0.39, 0.29) is 5.56 Å². The molecule has 0 heterocycles. The molecule has 19 heavy (non-hydrogen) atoms. The van der Waals surface area contributed by atoms with Crippen molar-refractivity contribution in [3.05, 3.63) is 35.1 Å². The molecule has 0 aromatic heterocycles. The molecule has 0 radical (unpaired) electrons. The molecule has 0 atom stereocenters. The monoisotopic (exact) mass is 268 g/mol. The summed E-state index contributed by atoms with van der Waals surface area (Å²) in [5.41, 5.74) is -1.63. The van der Waals surface area contributed by atoms with Gasteiger partial charge in [-0.1, -0.05) is 19.4 Å². The molecule has 0 unspecified atom stereocenters. The molecule has 0 saturated heterocycles. The summed E-state index contributed by atoms with van der Waals surface area (Å²) in [5, 5.41) is 8.95. The lowest BCUT2D eigenvalue weighted by Gasteiger charge is -2.24. The number of hydrogen-bond donors (Lipinski definition) is 1. The number of carbonyl (C=O) groups excluding carboxylic acids is 1. The Morgan fingerprint density at radius 2 is 2.00 bits per heavy atom. The van der Waals surface area contributed by atoms with Gasteiger partial charge in [0.2, 0.25) is 0 Å². The molecule has 0 fully saturated rings. The van der Waals surface area contributed by atoms with Gasteiger partial charge in [-0.25, -0.2) is 14.0 Å². The highest BCUT2D eigenvalue weighted by Crippen LogP contribution is 2.21. The SMILES string of the molecule is CCCC(C)(C)OC(=O)c1cccc(F)c1C(=O)O. The van der Waals surface area contributed by atoms with Crippen LogP contribution in [-0.2, 0) is 4.74 Å². The molecule has 5 heteroatoms. The van der Waals surface area contributed by atoms with Crippen LogP contribution >= 0.6 is 0 Å². The lowest BCUT2D eigenvalue weighted by Crippen LogP contribution is -2.28. The van der Waals surface area contributed by atoms with Crippen molar-refractivity contribution >= 4 is 11.9 Å². The first-order chi connectivity index (χ1) is 8.78. The Bertz CT molecular complexity index is 494. The average Bonchev–Trinajstić information content (AvgIpc) is 2.27. The largest absolute Gasteiger partial charge is 0.478 e. The molecular weight excluding hydrogens is 251 g/mol. The number of benzene rings is 1. The molecular formula is C14H17FO4. The maximum absolute atomic E-state index is 13.5. The number of carboxylic acid groups (broad SMARTS) is 1. The number of halogens is 1. The van der Waals surface area contributed by atoms with Gasteiger partial charge in [0, 0.05) is 0 Å². The van der Waals surface area contributed by atoms with Crippen LogP contribution in [0.25, 0.3) is 0 Å². The number of carboxylic acids is 1. The molecule has 4 nitrogen and oxygen atoms in total. The van der Waals surface area contributed by atoms with Crippen LogP contribution < -0.4 is 0 Å². The number of aromatic carboxylic acids is 1. The minimum atomic E-state index is -1.49. The molecule has 104 valence electrons. The van der Waals surface area contributed by atoms with Gasteiger partial charge < -0.3 is 9.84 Å². The van der Waals surface area contributed by atoms with Crippen molar-refractivity contribution in [3.8, 4) is 0 Å². The minimum absolute atomic E-state index is 0.267. The van der Waals surface area contributed by atoms with Crippen LogP contribution in [0.3, 0.4) is 0 Å². The Kier molecular flexibility index (Phi) is 4.64. The second-order valence-electron chi connectivity index (χ2n) is 4.87. The average molecular weight is 268 g/mol. The first-order valence-electron chi connectivity index (χ1n) is 6.03. The van der Waals surface area contributed by atoms with Crippen molar-refractivity contribution in [2.45, 2.75) is 39.2 Å². The van der Waals surface area contributed by atoms with Crippen LogP contribution in [0.2, 0.25) is 0 Å². The second-order valence-corrected chi connectivity index (χ2v) is 4.87.